The Morgan fingerprint density at radius 2 is 1.92 bits per heavy atom. The van der Waals surface area contributed by atoms with Crippen LogP contribution in [0.3, 0.4) is 0 Å². The van der Waals surface area contributed by atoms with Gasteiger partial charge in [-0.3, -0.25) is 4.79 Å². The Morgan fingerprint density at radius 1 is 1.12 bits per heavy atom. The van der Waals surface area contributed by atoms with E-state index in [9.17, 15) is 4.79 Å². The van der Waals surface area contributed by atoms with Gasteiger partial charge in [0, 0.05) is 25.1 Å². The van der Waals surface area contributed by atoms with E-state index in [2.05, 4.69) is 32.0 Å². The van der Waals surface area contributed by atoms with Crippen molar-refractivity contribution in [1.29, 1.82) is 0 Å². The van der Waals surface area contributed by atoms with Crippen LogP contribution in [0.2, 0.25) is 0 Å². The highest BCUT2D eigenvalue weighted by molar-refractivity contribution is 7.99. The Morgan fingerprint density at radius 3 is 2.62 bits per heavy atom. The Bertz CT molecular complexity index is 820. The predicted molar refractivity (Wildman–Crippen MR) is 104 cm³/mol. The van der Waals surface area contributed by atoms with Gasteiger partial charge in [-0.1, -0.05) is 48.2 Å². The first-order chi connectivity index (χ1) is 12.7. The van der Waals surface area contributed by atoms with Crippen LogP contribution >= 0.6 is 11.8 Å². The van der Waals surface area contributed by atoms with Gasteiger partial charge in [-0.25, -0.2) is 9.97 Å². The van der Waals surface area contributed by atoms with E-state index < -0.39 is 0 Å². The minimum absolute atomic E-state index is 0.0110. The van der Waals surface area contributed by atoms with Gasteiger partial charge in [-0.2, -0.15) is 0 Å². The molecule has 0 fully saturated rings. The van der Waals surface area contributed by atoms with Crippen molar-refractivity contribution in [2.75, 3.05) is 5.75 Å². The minimum Gasteiger partial charge on any atom is -0.349 e. The molecule has 6 heteroatoms. The molecule has 2 aromatic heterocycles. The Hall–Kier alpha value is -2.60. The molecule has 0 aliphatic heterocycles. The zero-order chi connectivity index (χ0) is 18.2. The van der Waals surface area contributed by atoms with E-state index in [1.54, 1.807) is 12.4 Å². The summed E-state index contributed by atoms with van der Waals surface area (Å²) in [6, 6.07) is 15.8. The molecule has 0 saturated carbocycles. The first-order valence-electron chi connectivity index (χ1n) is 8.58. The number of amides is 1. The van der Waals surface area contributed by atoms with Crippen molar-refractivity contribution in [1.82, 2.24) is 19.9 Å². The SMILES string of the molecule is Cc1nccn1CCC(NC(=O)CSc1ccccn1)c1ccccc1. The number of aryl methyl sites for hydroxylation is 2. The molecule has 5 nitrogen and oxygen atoms in total. The van der Waals surface area contributed by atoms with Crippen LogP contribution in [0.5, 0.6) is 0 Å². The highest BCUT2D eigenvalue weighted by Crippen LogP contribution is 2.19. The molecule has 1 amide bonds. The summed E-state index contributed by atoms with van der Waals surface area (Å²) in [5, 5.41) is 4.02. The van der Waals surface area contributed by atoms with Gasteiger partial charge in [-0.05, 0) is 31.0 Å². The summed E-state index contributed by atoms with van der Waals surface area (Å²) in [4.78, 5) is 20.9. The Kier molecular flexibility index (Phi) is 6.44. The molecule has 2 heterocycles. The molecule has 1 N–H and O–H groups in total. The zero-order valence-electron chi connectivity index (χ0n) is 14.7. The number of carbonyl (C=O) groups is 1. The van der Waals surface area contributed by atoms with Crippen LogP contribution in [0.25, 0.3) is 0 Å². The molecular weight excluding hydrogens is 344 g/mol. The maximum absolute atomic E-state index is 12.4. The molecule has 0 aliphatic rings. The third-order valence-electron chi connectivity index (χ3n) is 4.11. The number of aromatic nitrogens is 3. The fourth-order valence-corrected chi connectivity index (χ4v) is 3.40. The van der Waals surface area contributed by atoms with Gasteiger partial charge in [0.15, 0.2) is 0 Å². The molecule has 0 spiro atoms. The first kappa shape index (κ1) is 18.2. The third kappa shape index (κ3) is 5.20. The lowest BCUT2D eigenvalue weighted by Crippen LogP contribution is -2.30. The third-order valence-corrected chi connectivity index (χ3v) is 5.05. The quantitative estimate of drug-likeness (QED) is 0.619. The van der Waals surface area contributed by atoms with Gasteiger partial charge >= 0.3 is 0 Å². The van der Waals surface area contributed by atoms with Gasteiger partial charge in [0.1, 0.15) is 5.82 Å². The number of carbonyl (C=O) groups excluding carboxylic acids is 1. The van der Waals surface area contributed by atoms with Crippen molar-refractivity contribution < 1.29 is 4.79 Å². The average Bonchev–Trinajstić information content (AvgIpc) is 3.10. The summed E-state index contributed by atoms with van der Waals surface area (Å²) >= 11 is 1.45. The number of rotatable bonds is 8. The summed E-state index contributed by atoms with van der Waals surface area (Å²) in [7, 11) is 0. The van der Waals surface area contributed by atoms with Crippen LogP contribution in [-0.2, 0) is 11.3 Å². The van der Waals surface area contributed by atoms with Crippen molar-refractivity contribution in [3.05, 3.63) is 78.5 Å². The smallest absolute Gasteiger partial charge is 0.230 e. The van der Waals surface area contributed by atoms with Crippen molar-refractivity contribution in [2.45, 2.75) is 31.0 Å². The summed E-state index contributed by atoms with van der Waals surface area (Å²) in [6.07, 6.45) is 6.31. The van der Waals surface area contributed by atoms with Gasteiger partial charge in [0.05, 0.1) is 16.8 Å². The Labute approximate surface area is 157 Å². The molecule has 0 bridgehead atoms. The second-order valence-electron chi connectivity index (χ2n) is 5.94. The fraction of sp³-hybridized carbons (Fsp3) is 0.250. The molecule has 1 atom stereocenters. The highest BCUT2D eigenvalue weighted by atomic mass is 32.2. The van der Waals surface area contributed by atoms with E-state index in [1.165, 1.54) is 11.8 Å². The van der Waals surface area contributed by atoms with E-state index in [4.69, 9.17) is 0 Å². The number of pyridine rings is 1. The Balaban J connectivity index is 1.61. The molecule has 0 saturated heterocycles. The molecule has 0 aliphatic carbocycles. The minimum atomic E-state index is -0.0326. The standard InChI is InChI=1S/C20H22N4OS/c1-16-21-12-14-24(16)13-10-18(17-7-3-2-4-8-17)23-19(25)15-26-20-9-5-6-11-22-20/h2-9,11-12,14,18H,10,13,15H2,1H3,(H,23,25). The van der Waals surface area contributed by atoms with Crippen molar-refractivity contribution in [3.63, 3.8) is 0 Å². The largest absolute Gasteiger partial charge is 0.349 e. The zero-order valence-corrected chi connectivity index (χ0v) is 15.5. The lowest BCUT2D eigenvalue weighted by molar-refractivity contribution is -0.119. The van der Waals surface area contributed by atoms with Gasteiger partial charge in [0.2, 0.25) is 5.91 Å². The molecule has 26 heavy (non-hydrogen) atoms. The normalized spacial score (nSPS) is 11.9. The number of benzene rings is 1. The van der Waals surface area contributed by atoms with Crippen LogP contribution in [0.1, 0.15) is 23.9 Å². The van der Waals surface area contributed by atoms with Crippen molar-refractivity contribution in [3.8, 4) is 0 Å². The molecule has 0 radical (unpaired) electrons. The number of thioether (sulfide) groups is 1. The van der Waals surface area contributed by atoms with E-state index in [1.807, 2.05) is 49.5 Å². The van der Waals surface area contributed by atoms with Crippen molar-refractivity contribution in [2.24, 2.45) is 0 Å². The number of hydrogen-bond donors (Lipinski definition) is 1. The maximum Gasteiger partial charge on any atom is 0.230 e. The highest BCUT2D eigenvalue weighted by Gasteiger charge is 2.15. The molecule has 134 valence electrons. The lowest BCUT2D eigenvalue weighted by atomic mass is 10.0. The number of imidazole rings is 1. The molecular formula is C20H22N4OS. The van der Waals surface area contributed by atoms with Crippen molar-refractivity contribution >= 4 is 17.7 Å². The second kappa shape index (κ2) is 9.20. The van der Waals surface area contributed by atoms with Gasteiger partial charge < -0.3 is 9.88 Å². The van der Waals surface area contributed by atoms with Gasteiger partial charge in [-0.15, -0.1) is 0 Å². The summed E-state index contributed by atoms with van der Waals surface area (Å²) in [5.41, 5.74) is 1.11. The van der Waals surface area contributed by atoms with E-state index in [0.29, 0.717) is 5.75 Å². The number of nitrogens with one attached hydrogen (secondary N) is 1. The topological polar surface area (TPSA) is 59.8 Å². The summed E-state index contributed by atoms with van der Waals surface area (Å²) in [5.74, 6) is 1.34. The second-order valence-corrected chi connectivity index (χ2v) is 6.94. The van der Waals surface area contributed by atoms with Crippen LogP contribution in [0, 0.1) is 6.92 Å². The molecule has 1 unspecified atom stereocenters. The van der Waals surface area contributed by atoms with Gasteiger partial charge in [0.25, 0.3) is 0 Å². The molecule has 3 aromatic rings. The van der Waals surface area contributed by atoms with Crippen LogP contribution in [0.15, 0.2) is 72.1 Å². The average molecular weight is 366 g/mol. The fourth-order valence-electron chi connectivity index (χ4n) is 2.72. The first-order valence-corrected chi connectivity index (χ1v) is 9.57. The summed E-state index contributed by atoms with van der Waals surface area (Å²) < 4.78 is 2.10. The predicted octanol–water partition coefficient (Wildman–Crippen LogP) is 3.63. The lowest BCUT2D eigenvalue weighted by Gasteiger charge is -2.20. The van der Waals surface area contributed by atoms with Crippen LogP contribution in [0.4, 0.5) is 0 Å². The number of nitrogens with zero attached hydrogens (tertiary/aromatic N) is 3. The van der Waals surface area contributed by atoms with Crippen LogP contribution < -0.4 is 5.32 Å². The molecule has 1 aromatic carbocycles. The van der Waals surface area contributed by atoms with E-state index >= 15 is 0 Å². The number of hydrogen-bond acceptors (Lipinski definition) is 4. The molecule has 3 rings (SSSR count). The summed E-state index contributed by atoms with van der Waals surface area (Å²) in [6.45, 7) is 2.79. The van der Waals surface area contributed by atoms with E-state index in [-0.39, 0.29) is 11.9 Å². The van der Waals surface area contributed by atoms with E-state index in [0.717, 1.165) is 29.4 Å². The monoisotopic (exact) mass is 366 g/mol. The van der Waals surface area contributed by atoms with Crippen LogP contribution in [-0.4, -0.2) is 26.2 Å². The maximum atomic E-state index is 12.4.